The third-order valence-corrected chi connectivity index (χ3v) is 3.88. The number of rotatable bonds is 15. The first-order valence-corrected chi connectivity index (χ1v) is 9.10. The molecule has 0 aliphatic rings. The molecule has 20 heavy (non-hydrogen) atoms. The van der Waals surface area contributed by atoms with Crippen molar-refractivity contribution in [3.05, 3.63) is 12.3 Å². The maximum Gasteiger partial charge on any atom is 0.00555 e. The molecule has 0 atom stereocenters. The van der Waals surface area contributed by atoms with Gasteiger partial charge in [-0.05, 0) is 19.0 Å². The van der Waals surface area contributed by atoms with Crippen LogP contribution >= 0.6 is 0 Å². The summed E-state index contributed by atoms with van der Waals surface area (Å²) >= 11 is 0. The second-order valence-electron chi connectivity index (χ2n) is 6.38. The lowest BCUT2D eigenvalue weighted by molar-refractivity contribution is 0.538. The third-order valence-electron chi connectivity index (χ3n) is 3.88. The quantitative estimate of drug-likeness (QED) is 0.308. The van der Waals surface area contributed by atoms with E-state index in [1.807, 2.05) is 0 Å². The molecule has 0 aliphatic carbocycles. The van der Waals surface area contributed by atoms with Crippen molar-refractivity contribution in [2.24, 2.45) is 0 Å². The van der Waals surface area contributed by atoms with E-state index in [-0.39, 0.29) is 0 Å². The molecule has 0 aromatic rings. The van der Waals surface area contributed by atoms with Gasteiger partial charge in [0.15, 0.2) is 0 Å². The van der Waals surface area contributed by atoms with Crippen molar-refractivity contribution in [1.29, 1.82) is 0 Å². The van der Waals surface area contributed by atoms with Crippen molar-refractivity contribution in [3.63, 3.8) is 0 Å². The van der Waals surface area contributed by atoms with Gasteiger partial charge in [-0.2, -0.15) is 0 Å². The summed E-state index contributed by atoms with van der Waals surface area (Å²) in [6.45, 7) is 2.29. The molecule has 1 nitrogen and oxygen atoms in total. The Labute approximate surface area is 128 Å². The van der Waals surface area contributed by atoms with E-state index in [1.165, 1.54) is 89.9 Å². The minimum absolute atomic E-state index is 1.25. The Balaban J connectivity index is 2.99. The summed E-state index contributed by atoms with van der Waals surface area (Å²) in [4.78, 5) is 2.11. The summed E-state index contributed by atoms with van der Waals surface area (Å²) < 4.78 is 0. The summed E-state index contributed by atoms with van der Waals surface area (Å²) in [6.07, 6.45) is 24.4. The Hall–Kier alpha value is -0.460. The van der Waals surface area contributed by atoms with Crippen LogP contribution in [0.3, 0.4) is 0 Å². The van der Waals surface area contributed by atoms with Crippen LogP contribution in [0, 0.1) is 0 Å². The zero-order valence-corrected chi connectivity index (χ0v) is 14.5. The van der Waals surface area contributed by atoms with Gasteiger partial charge in [0, 0.05) is 14.1 Å². The van der Waals surface area contributed by atoms with Gasteiger partial charge in [0.1, 0.15) is 0 Å². The maximum absolute atomic E-state index is 2.29. The van der Waals surface area contributed by atoms with Gasteiger partial charge in [-0.25, -0.2) is 0 Å². The van der Waals surface area contributed by atoms with Crippen LogP contribution in [-0.4, -0.2) is 19.0 Å². The molecule has 0 unspecified atom stereocenters. The van der Waals surface area contributed by atoms with Crippen molar-refractivity contribution in [2.45, 2.75) is 96.8 Å². The minimum atomic E-state index is 1.25. The molecule has 0 heterocycles. The standard InChI is InChI=1S/C19H39N/c1-4-5-6-7-8-9-10-11-12-13-14-15-16-17-18-19-20(2)3/h18-19H,4-17H2,1-3H3. The lowest BCUT2D eigenvalue weighted by atomic mass is 10.0. The molecule has 0 saturated heterocycles. The highest BCUT2D eigenvalue weighted by Crippen LogP contribution is 2.12. The number of hydrogen-bond donors (Lipinski definition) is 0. The molecule has 0 fully saturated rings. The van der Waals surface area contributed by atoms with Gasteiger partial charge in [-0.1, -0.05) is 90.0 Å². The highest BCUT2D eigenvalue weighted by atomic mass is 15.0. The fourth-order valence-corrected chi connectivity index (χ4v) is 2.57. The molecule has 0 amide bonds. The number of unbranched alkanes of at least 4 members (excludes halogenated alkanes) is 13. The molecule has 0 rings (SSSR count). The predicted octanol–water partition coefficient (Wildman–Crippen LogP) is 6.54. The first-order valence-electron chi connectivity index (χ1n) is 9.10. The molecule has 0 aliphatic heterocycles. The molecular formula is C19H39N. The SMILES string of the molecule is CCCCCCCCCCCCCCCC=CN(C)C. The molecule has 0 aromatic heterocycles. The molecule has 0 bridgehead atoms. The van der Waals surface area contributed by atoms with E-state index >= 15 is 0 Å². The van der Waals surface area contributed by atoms with Crippen LogP contribution in [0.4, 0.5) is 0 Å². The van der Waals surface area contributed by atoms with Crippen molar-refractivity contribution in [3.8, 4) is 0 Å². The van der Waals surface area contributed by atoms with Gasteiger partial charge < -0.3 is 4.90 Å². The Morgan fingerprint density at radius 1 is 0.600 bits per heavy atom. The van der Waals surface area contributed by atoms with Gasteiger partial charge in [0.2, 0.25) is 0 Å². The third kappa shape index (κ3) is 17.5. The van der Waals surface area contributed by atoms with Gasteiger partial charge in [0.05, 0.1) is 0 Å². The zero-order chi connectivity index (χ0) is 14.9. The summed E-state index contributed by atoms with van der Waals surface area (Å²) in [5.41, 5.74) is 0. The average molecular weight is 282 g/mol. The summed E-state index contributed by atoms with van der Waals surface area (Å²) in [7, 11) is 4.17. The second kappa shape index (κ2) is 16.6. The van der Waals surface area contributed by atoms with E-state index in [0.29, 0.717) is 0 Å². The van der Waals surface area contributed by atoms with Crippen LogP contribution in [-0.2, 0) is 0 Å². The number of allylic oxidation sites excluding steroid dienone is 1. The van der Waals surface area contributed by atoms with E-state index < -0.39 is 0 Å². The Morgan fingerprint density at radius 2 is 1.00 bits per heavy atom. The minimum Gasteiger partial charge on any atom is -0.384 e. The lowest BCUT2D eigenvalue weighted by Crippen LogP contribution is -1.99. The number of nitrogens with zero attached hydrogens (tertiary/aromatic N) is 1. The van der Waals surface area contributed by atoms with E-state index in [9.17, 15) is 0 Å². The smallest absolute Gasteiger partial charge is 0.00555 e. The Kier molecular flexibility index (Phi) is 16.2. The van der Waals surface area contributed by atoms with Crippen molar-refractivity contribution in [2.75, 3.05) is 14.1 Å². The van der Waals surface area contributed by atoms with Crippen LogP contribution in [0.1, 0.15) is 96.8 Å². The molecule has 0 N–H and O–H groups in total. The van der Waals surface area contributed by atoms with Crippen LogP contribution in [0.25, 0.3) is 0 Å². The largest absolute Gasteiger partial charge is 0.384 e. The molecule has 0 aromatic carbocycles. The molecule has 120 valence electrons. The first-order chi connectivity index (χ1) is 9.77. The normalized spacial score (nSPS) is 11.3. The average Bonchev–Trinajstić information content (AvgIpc) is 2.43. The summed E-state index contributed by atoms with van der Waals surface area (Å²) in [5.74, 6) is 0. The monoisotopic (exact) mass is 281 g/mol. The lowest BCUT2D eigenvalue weighted by Gasteiger charge is -2.03. The van der Waals surface area contributed by atoms with Crippen molar-refractivity contribution >= 4 is 0 Å². The Bertz CT molecular complexity index is 196. The van der Waals surface area contributed by atoms with Crippen molar-refractivity contribution < 1.29 is 0 Å². The van der Waals surface area contributed by atoms with Gasteiger partial charge in [-0.15, -0.1) is 0 Å². The molecule has 0 radical (unpaired) electrons. The molecular weight excluding hydrogens is 242 g/mol. The zero-order valence-electron chi connectivity index (χ0n) is 14.5. The Morgan fingerprint density at radius 3 is 1.40 bits per heavy atom. The predicted molar refractivity (Wildman–Crippen MR) is 93.1 cm³/mol. The first kappa shape index (κ1) is 19.5. The van der Waals surface area contributed by atoms with Gasteiger partial charge >= 0.3 is 0 Å². The van der Waals surface area contributed by atoms with Gasteiger partial charge in [-0.3, -0.25) is 0 Å². The van der Waals surface area contributed by atoms with Crippen LogP contribution < -0.4 is 0 Å². The van der Waals surface area contributed by atoms with Crippen LogP contribution in [0.5, 0.6) is 0 Å². The van der Waals surface area contributed by atoms with Crippen LogP contribution in [0.2, 0.25) is 0 Å². The maximum atomic E-state index is 2.29. The number of hydrogen-bond acceptors (Lipinski definition) is 1. The fraction of sp³-hybridized carbons (Fsp3) is 0.895. The van der Waals surface area contributed by atoms with Crippen molar-refractivity contribution in [1.82, 2.24) is 4.90 Å². The van der Waals surface area contributed by atoms with Crippen LogP contribution in [0.15, 0.2) is 12.3 Å². The van der Waals surface area contributed by atoms with E-state index in [1.54, 1.807) is 0 Å². The molecule has 0 spiro atoms. The molecule has 0 saturated carbocycles. The highest BCUT2D eigenvalue weighted by Gasteiger charge is 1.93. The van der Waals surface area contributed by atoms with Gasteiger partial charge in [0.25, 0.3) is 0 Å². The summed E-state index contributed by atoms with van der Waals surface area (Å²) in [6, 6.07) is 0. The van der Waals surface area contributed by atoms with E-state index in [4.69, 9.17) is 0 Å². The highest BCUT2D eigenvalue weighted by molar-refractivity contribution is 4.78. The second-order valence-corrected chi connectivity index (χ2v) is 6.38. The molecule has 1 heteroatoms. The van der Waals surface area contributed by atoms with E-state index in [2.05, 4.69) is 38.2 Å². The fourth-order valence-electron chi connectivity index (χ4n) is 2.57. The topological polar surface area (TPSA) is 3.24 Å². The van der Waals surface area contributed by atoms with E-state index in [0.717, 1.165) is 0 Å². The summed E-state index contributed by atoms with van der Waals surface area (Å²) in [5, 5.41) is 0.